The summed E-state index contributed by atoms with van der Waals surface area (Å²) in [5.41, 5.74) is 0.860. The van der Waals surface area contributed by atoms with Gasteiger partial charge in [-0.2, -0.15) is 0 Å². The van der Waals surface area contributed by atoms with Crippen LogP contribution in [0.1, 0.15) is 31.1 Å². The van der Waals surface area contributed by atoms with Crippen molar-refractivity contribution >= 4 is 23.6 Å². The number of nitrogens with zero attached hydrogens (tertiary/aromatic N) is 1. The quantitative estimate of drug-likeness (QED) is 0.446. The number of amides is 2. The molecule has 0 atom stereocenters. The molecule has 0 aliphatic carbocycles. The molecule has 3 rings (SSSR count). The SMILES string of the molecule is COc1ccc(C(=O)COC(=O)CN2C(=O)c3ccccc3C2=O)cc1. The number of imide groups is 1. The topological polar surface area (TPSA) is 90.0 Å². The van der Waals surface area contributed by atoms with E-state index >= 15 is 0 Å². The normalized spacial score (nSPS) is 12.7. The highest BCUT2D eigenvalue weighted by molar-refractivity contribution is 6.22. The monoisotopic (exact) mass is 353 g/mol. The van der Waals surface area contributed by atoms with E-state index in [1.165, 1.54) is 19.2 Å². The fraction of sp³-hybridized carbons (Fsp3) is 0.158. The molecule has 0 saturated heterocycles. The molecule has 0 unspecified atom stereocenters. The van der Waals surface area contributed by atoms with Crippen LogP contribution in [0.15, 0.2) is 48.5 Å². The number of rotatable bonds is 6. The number of Topliss-reactive ketones (excluding diaryl/α,β-unsaturated/α-hetero) is 1. The highest BCUT2D eigenvalue weighted by Crippen LogP contribution is 2.22. The van der Waals surface area contributed by atoms with Gasteiger partial charge in [0.25, 0.3) is 11.8 Å². The Bertz CT molecular complexity index is 852. The van der Waals surface area contributed by atoms with E-state index in [1.807, 2.05) is 0 Å². The van der Waals surface area contributed by atoms with Crippen LogP contribution in [0.5, 0.6) is 5.75 Å². The summed E-state index contributed by atoms with van der Waals surface area (Å²) in [6, 6.07) is 12.7. The fourth-order valence-corrected chi connectivity index (χ4v) is 2.56. The molecule has 0 N–H and O–H groups in total. The number of esters is 1. The minimum atomic E-state index is -0.832. The minimum Gasteiger partial charge on any atom is -0.497 e. The van der Waals surface area contributed by atoms with Gasteiger partial charge in [-0.05, 0) is 36.4 Å². The van der Waals surface area contributed by atoms with Gasteiger partial charge in [0.2, 0.25) is 0 Å². The van der Waals surface area contributed by atoms with Gasteiger partial charge >= 0.3 is 5.97 Å². The first-order valence-corrected chi connectivity index (χ1v) is 7.79. The lowest BCUT2D eigenvalue weighted by Gasteiger charge is -2.12. The first-order valence-electron chi connectivity index (χ1n) is 7.79. The zero-order chi connectivity index (χ0) is 18.7. The van der Waals surface area contributed by atoms with E-state index < -0.39 is 36.7 Å². The van der Waals surface area contributed by atoms with Crippen LogP contribution < -0.4 is 4.74 Å². The Morgan fingerprint density at radius 2 is 1.50 bits per heavy atom. The maximum atomic E-state index is 12.2. The van der Waals surface area contributed by atoms with Crippen LogP contribution >= 0.6 is 0 Å². The van der Waals surface area contributed by atoms with Crippen molar-refractivity contribution in [2.75, 3.05) is 20.3 Å². The molecule has 1 heterocycles. The predicted octanol–water partition coefficient (Wildman–Crippen LogP) is 1.72. The summed E-state index contributed by atoms with van der Waals surface area (Å²) in [6.07, 6.45) is 0. The van der Waals surface area contributed by atoms with E-state index in [-0.39, 0.29) is 11.1 Å². The van der Waals surface area contributed by atoms with Crippen molar-refractivity contribution in [3.05, 3.63) is 65.2 Å². The average molecular weight is 353 g/mol. The van der Waals surface area contributed by atoms with Gasteiger partial charge in [-0.15, -0.1) is 0 Å². The lowest BCUT2D eigenvalue weighted by Crippen LogP contribution is -2.36. The van der Waals surface area contributed by atoms with Gasteiger partial charge in [0, 0.05) is 5.56 Å². The van der Waals surface area contributed by atoms with Gasteiger partial charge in [0.1, 0.15) is 12.3 Å². The second-order valence-electron chi connectivity index (χ2n) is 5.55. The van der Waals surface area contributed by atoms with Crippen molar-refractivity contribution < 1.29 is 28.7 Å². The van der Waals surface area contributed by atoms with Gasteiger partial charge in [0.15, 0.2) is 12.4 Å². The Labute approximate surface area is 149 Å². The molecule has 0 aromatic heterocycles. The summed E-state index contributed by atoms with van der Waals surface area (Å²) < 4.78 is 9.91. The molecular formula is C19H15NO6. The lowest BCUT2D eigenvalue weighted by molar-refractivity contribution is -0.142. The fourth-order valence-electron chi connectivity index (χ4n) is 2.56. The Morgan fingerprint density at radius 1 is 0.923 bits per heavy atom. The summed E-state index contributed by atoms with van der Waals surface area (Å²) in [5.74, 6) is -1.73. The summed E-state index contributed by atoms with van der Waals surface area (Å²) in [7, 11) is 1.51. The molecule has 0 radical (unpaired) electrons. The number of methoxy groups -OCH3 is 1. The lowest BCUT2D eigenvalue weighted by atomic mass is 10.1. The Balaban J connectivity index is 1.57. The summed E-state index contributed by atoms with van der Waals surface area (Å²) in [6.45, 7) is -1.02. The van der Waals surface area contributed by atoms with E-state index in [2.05, 4.69) is 0 Å². The smallest absolute Gasteiger partial charge is 0.326 e. The maximum Gasteiger partial charge on any atom is 0.326 e. The average Bonchev–Trinajstić information content (AvgIpc) is 2.91. The van der Waals surface area contributed by atoms with Crippen LogP contribution in [0.3, 0.4) is 0 Å². The molecule has 132 valence electrons. The Kier molecular flexibility index (Phi) is 4.79. The molecule has 2 aromatic carbocycles. The van der Waals surface area contributed by atoms with Crippen molar-refractivity contribution in [2.24, 2.45) is 0 Å². The van der Waals surface area contributed by atoms with E-state index in [0.717, 1.165) is 4.90 Å². The van der Waals surface area contributed by atoms with E-state index in [4.69, 9.17) is 9.47 Å². The molecule has 1 aliphatic heterocycles. The highest BCUT2D eigenvalue weighted by Gasteiger charge is 2.36. The number of hydrogen-bond acceptors (Lipinski definition) is 6. The molecule has 7 nitrogen and oxygen atoms in total. The molecule has 26 heavy (non-hydrogen) atoms. The van der Waals surface area contributed by atoms with E-state index in [1.54, 1.807) is 36.4 Å². The third kappa shape index (κ3) is 3.32. The maximum absolute atomic E-state index is 12.2. The first-order chi connectivity index (χ1) is 12.5. The summed E-state index contributed by atoms with van der Waals surface area (Å²) in [4.78, 5) is 49.1. The predicted molar refractivity (Wildman–Crippen MR) is 90.1 cm³/mol. The second-order valence-corrected chi connectivity index (χ2v) is 5.55. The number of ketones is 1. The van der Waals surface area contributed by atoms with Crippen LogP contribution in [0.4, 0.5) is 0 Å². The molecule has 0 bridgehead atoms. The third-order valence-electron chi connectivity index (χ3n) is 3.94. The van der Waals surface area contributed by atoms with Gasteiger partial charge in [0.05, 0.1) is 18.2 Å². The highest BCUT2D eigenvalue weighted by atomic mass is 16.5. The zero-order valence-electron chi connectivity index (χ0n) is 13.9. The first kappa shape index (κ1) is 17.3. The Morgan fingerprint density at radius 3 is 2.04 bits per heavy atom. The molecule has 7 heteroatoms. The van der Waals surface area contributed by atoms with Crippen molar-refractivity contribution in [1.82, 2.24) is 4.90 Å². The number of carbonyl (C=O) groups is 4. The molecular weight excluding hydrogens is 338 g/mol. The van der Waals surface area contributed by atoms with Crippen LogP contribution in [-0.4, -0.2) is 48.7 Å². The van der Waals surface area contributed by atoms with Crippen LogP contribution in [0.2, 0.25) is 0 Å². The standard InChI is InChI=1S/C19H15NO6/c1-25-13-8-6-12(7-9-13)16(21)11-26-17(22)10-20-18(23)14-4-2-3-5-15(14)19(20)24/h2-9H,10-11H2,1H3. The number of ether oxygens (including phenoxy) is 2. The van der Waals surface area contributed by atoms with Gasteiger partial charge < -0.3 is 9.47 Å². The molecule has 0 spiro atoms. The van der Waals surface area contributed by atoms with Gasteiger partial charge in [-0.3, -0.25) is 24.1 Å². The van der Waals surface area contributed by atoms with Crippen molar-refractivity contribution in [1.29, 1.82) is 0 Å². The number of fused-ring (bicyclic) bond motifs is 1. The number of hydrogen-bond donors (Lipinski definition) is 0. The zero-order valence-corrected chi connectivity index (χ0v) is 13.9. The molecule has 0 saturated carbocycles. The van der Waals surface area contributed by atoms with Gasteiger partial charge in [-0.1, -0.05) is 12.1 Å². The van der Waals surface area contributed by atoms with E-state index in [0.29, 0.717) is 11.3 Å². The van der Waals surface area contributed by atoms with Crippen LogP contribution in [0.25, 0.3) is 0 Å². The molecule has 2 amide bonds. The van der Waals surface area contributed by atoms with Gasteiger partial charge in [-0.25, -0.2) is 0 Å². The van der Waals surface area contributed by atoms with Crippen molar-refractivity contribution in [3.8, 4) is 5.75 Å². The molecule has 2 aromatic rings. The Hall–Kier alpha value is -3.48. The number of carbonyl (C=O) groups excluding carboxylic acids is 4. The van der Waals surface area contributed by atoms with E-state index in [9.17, 15) is 19.2 Å². The van der Waals surface area contributed by atoms with Crippen LogP contribution in [-0.2, 0) is 9.53 Å². The minimum absolute atomic E-state index is 0.250. The molecule has 0 fully saturated rings. The number of benzene rings is 2. The second kappa shape index (κ2) is 7.18. The largest absolute Gasteiger partial charge is 0.497 e. The molecule has 1 aliphatic rings. The summed E-state index contributed by atoms with van der Waals surface area (Å²) >= 11 is 0. The van der Waals surface area contributed by atoms with Crippen molar-refractivity contribution in [3.63, 3.8) is 0 Å². The third-order valence-corrected chi connectivity index (χ3v) is 3.94. The van der Waals surface area contributed by atoms with Crippen LogP contribution in [0, 0.1) is 0 Å². The van der Waals surface area contributed by atoms with Crippen molar-refractivity contribution in [2.45, 2.75) is 0 Å². The summed E-state index contributed by atoms with van der Waals surface area (Å²) in [5, 5.41) is 0.